The maximum Gasteiger partial charge on any atom is 0.321 e. The van der Waals surface area contributed by atoms with Crippen molar-refractivity contribution in [1.82, 2.24) is 0 Å². The normalized spacial score (nSPS) is 11.7. The number of aliphatic carboxylic acids is 3. The number of amides is 3. The number of carboxylic acid groups (broad SMARTS) is 3. The number of carbonyl (C=O) groups is 6. The molecule has 0 aliphatic heterocycles. The van der Waals surface area contributed by atoms with Crippen LogP contribution >= 0.6 is 47.8 Å². The molecule has 75 heavy (non-hydrogen) atoms. The second-order valence-electron chi connectivity index (χ2n) is 15.1. The summed E-state index contributed by atoms with van der Waals surface area (Å²) in [5.41, 5.74) is 17.0. The van der Waals surface area contributed by atoms with E-state index in [9.17, 15) is 55.1 Å². The highest BCUT2D eigenvalue weighted by molar-refractivity contribution is 9.11. The molecule has 0 saturated carbocycles. The summed E-state index contributed by atoms with van der Waals surface area (Å²) < 4.78 is 96.0. The van der Waals surface area contributed by atoms with Crippen molar-refractivity contribution in [2.45, 2.75) is 37.4 Å². The van der Waals surface area contributed by atoms with Gasteiger partial charge in [0.15, 0.2) is 34.9 Å². The van der Waals surface area contributed by atoms with Gasteiger partial charge in [0, 0.05) is 35.3 Å². The Morgan fingerprint density at radius 1 is 0.400 bits per heavy atom. The Labute approximate surface area is 445 Å². The van der Waals surface area contributed by atoms with E-state index in [-0.39, 0.29) is 49.9 Å². The molecule has 6 rings (SSSR count). The van der Waals surface area contributed by atoms with E-state index in [0.717, 1.165) is 36.4 Å². The summed E-state index contributed by atoms with van der Waals surface area (Å²) >= 11 is 9.22. The Hall–Kier alpha value is -7.56. The lowest BCUT2D eigenvalue weighted by Gasteiger charge is -2.10. The van der Waals surface area contributed by atoms with Crippen LogP contribution in [0.4, 0.5) is 43.4 Å². The van der Waals surface area contributed by atoms with Gasteiger partial charge >= 0.3 is 17.9 Å². The lowest BCUT2D eigenvalue weighted by Crippen LogP contribution is -2.34. The van der Waals surface area contributed by atoms with E-state index in [0.29, 0.717) is 34.3 Å². The summed E-state index contributed by atoms with van der Waals surface area (Å²) in [6, 6.07) is 19.8. The first-order valence-corrected chi connectivity index (χ1v) is 23.3. The third kappa shape index (κ3) is 19.7. The Bertz CT molecular complexity index is 2720. The predicted octanol–water partition coefficient (Wildman–Crippen LogP) is 9.78. The molecule has 0 bridgehead atoms. The zero-order chi connectivity index (χ0) is 55.7. The van der Waals surface area contributed by atoms with Gasteiger partial charge in [-0.05, 0) is 139 Å². The number of halogens is 9. The van der Waals surface area contributed by atoms with Crippen molar-refractivity contribution in [3.05, 3.63) is 158 Å². The van der Waals surface area contributed by atoms with E-state index in [2.05, 4.69) is 63.7 Å². The van der Waals surface area contributed by atoms with Crippen molar-refractivity contribution >= 4 is 100 Å². The number of hydrogen-bond acceptors (Lipinski definition) is 12. The molecule has 396 valence electrons. The number of carboxylic acids is 3. The van der Waals surface area contributed by atoms with Crippen molar-refractivity contribution in [2.24, 2.45) is 17.2 Å². The Morgan fingerprint density at radius 2 is 0.600 bits per heavy atom. The number of carbonyl (C=O) groups excluding carboxylic acids is 3. The summed E-state index contributed by atoms with van der Waals surface area (Å²) in [6.45, 7) is 0. The molecule has 0 spiro atoms. The lowest BCUT2D eigenvalue weighted by molar-refractivity contribution is -0.140. The van der Waals surface area contributed by atoms with E-state index in [1.807, 2.05) is 0 Å². The predicted molar refractivity (Wildman–Crippen MR) is 268 cm³/mol. The van der Waals surface area contributed by atoms with Crippen molar-refractivity contribution in [1.29, 1.82) is 0 Å². The van der Waals surface area contributed by atoms with Crippen LogP contribution in [0.25, 0.3) is 0 Å². The summed E-state index contributed by atoms with van der Waals surface area (Å²) in [4.78, 5) is 66.8. The first-order chi connectivity index (χ1) is 35.3. The fourth-order valence-electron chi connectivity index (χ4n) is 5.44. The fraction of sp³-hybridized carbons (Fsp3) is 0.125. The van der Waals surface area contributed by atoms with Crippen molar-refractivity contribution in [2.75, 3.05) is 16.0 Å². The van der Waals surface area contributed by atoms with Gasteiger partial charge in [-0.3, -0.25) is 28.8 Å². The van der Waals surface area contributed by atoms with Gasteiger partial charge in [-0.2, -0.15) is 0 Å². The number of nitrogens with two attached hydrogens (primary N) is 3. The second kappa shape index (κ2) is 28.2. The van der Waals surface area contributed by atoms with Crippen LogP contribution in [0.15, 0.2) is 123 Å². The molecule has 6 aromatic rings. The van der Waals surface area contributed by atoms with Crippen LogP contribution < -0.4 is 47.4 Å². The van der Waals surface area contributed by atoms with E-state index >= 15 is 0 Å². The highest BCUT2D eigenvalue weighted by Gasteiger charge is 2.19. The second-order valence-corrected chi connectivity index (χ2v) is 17.6. The highest BCUT2D eigenvalue weighted by Crippen LogP contribution is 2.35. The van der Waals surface area contributed by atoms with Gasteiger partial charge in [-0.15, -0.1) is 0 Å². The van der Waals surface area contributed by atoms with Gasteiger partial charge in [-0.25, -0.2) is 26.3 Å². The quantitative estimate of drug-likeness (QED) is 0.0286. The van der Waals surface area contributed by atoms with Gasteiger partial charge in [-0.1, -0.05) is 0 Å². The maximum absolute atomic E-state index is 13.3. The highest BCUT2D eigenvalue weighted by atomic mass is 79.9. The van der Waals surface area contributed by atoms with Crippen molar-refractivity contribution in [3.63, 3.8) is 0 Å². The zero-order valence-electron chi connectivity index (χ0n) is 37.9. The molecular formula is C48H39Br3F6N6O12. The van der Waals surface area contributed by atoms with Crippen LogP contribution in [0.5, 0.6) is 34.5 Å². The number of hydrogen-bond donors (Lipinski definition) is 9. The number of ether oxygens (including phenoxy) is 3. The molecular weight excluding hydrogens is 1210 g/mol. The molecule has 12 N–H and O–H groups in total. The minimum atomic E-state index is -1.28. The van der Waals surface area contributed by atoms with Crippen LogP contribution in [0.3, 0.4) is 0 Å². The Morgan fingerprint density at radius 3 is 0.800 bits per heavy atom. The summed E-state index contributed by atoms with van der Waals surface area (Å²) in [5.74, 6) is -10.4. The minimum absolute atomic E-state index is 0.0862. The summed E-state index contributed by atoms with van der Waals surface area (Å²) in [7, 11) is 0. The third-order valence-electron chi connectivity index (χ3n) is 9.19. The van der Waals surface area contributed by atoms with Gasteiger partial charge in [0.2, 0.25) is 17.7 Å². The first-order valence-electron chi connectivity index (χ1n) is 20.9. The molecule has 6 aromatic carbocycles. The largest absolute Gasteiger partial charge is 0.480 e. The van der Waals surface area contributed by atoms with E-state index in [4.69, 9.17) is 46.7 Å². The summed E-state index contributed by atoms with van der Waals surface area (Å²) in [6.07, 6.45) is -1.10. The lowest BCUT2D eigenvalue weighted by atomic mass is 10.2. The third-order valence-corrected chi connectivity index (χ3v) is 11.0. The van der Waals surface area contributed by atoms with Crippen LogP contribution in [0, 0.1) is 34.9 Å². The summed E-state index contributed by atoms with van der Waals surface area (Å²) in [5, 5.41) is 33.4. The van der Waals surface area contributed by atoms with E-state index in [1.54, 1.807) is 0 Å². The molecule has 0 fully saturated rings. The Kier molecular flexibility index (Phi) is 22.6. The van der Waals surface area contributed by atoms with Gasteiger partial charge < -0.3 is 62.7 Å². The van der Waals surface area contributed by atoms with Crippen LogP contribution in [0.1, 0.15) is 19.3 Å². The average molecular weight is 1250 g/mol. The number of nitrogens with one attached hydrogen (secondary N) is 3. The van der Waals surface area contributed by atoms with Crippen LogP contribution in [-0.2, 0) is 28.8 Å². The average Bonchev–Trinajstić information content (AvgIpc) is 3.33. The first kappa shape index (κ1) is 60.0. The molecule has 0 radical (unpaired) electrons. The molecule has 0 saturated heterocycles. The SMILES string of the molecule is N[C@@H](CC(=O)Nc1ccc(Oc2cc(F)c(F)cc2Br)cc1)C(=O)O.N[C@@H](CC(=O)Nc1ccc(Oc2cc(F)c(F)cc2Br)cc1)C(=O)O.N[C@@H](CC(=O)Nc1ccc(Oc2cc(F)c(F)cc2Br)cc1)C(=O)O. The fourth-order valence-corrected chi connectivity index (χ4v) is 6.63. The monoisotopic (exact) mass is 1240 g/mol. The molecule has 0 aromatic heterocycles. The van der Waals surface area contributed by atoms with Gasteiger partial charge in [0.1, 0.15) is 52.6 Å². The van der Waals surface area contributed by atoms with Gasteiger partial charge in [0.25, 0.3) is 0 Å². The van der Waals surface area contributed by atoms with Gasteiger partial charge in [0.05, 0.1) is 32.7 Å². The molecule has 18 nitrogen and oxygen atoms in total. The Balaban J connectivity index is 0.000000243. The maximum atomic E-state index is 13.3. The number of benzene rings is 6. The number of rotatable bonds is 18. The minimum Gasteiger partial charge on any atom is -0.480 e. The molecule has 0 aliphatic rings. The number of anilines is 3. The topological polar surface area (TPSA) is 305 Å². The smallest absolute Gasteiger partial charge is 0.321 e. The standard InChI is InChI=1S/3C16H13BrF2N2O4/c3*17-10-5-11(18)12(19)6-14(10)25-9-3-1-8(2-4-9)21-15(22)7-13(20)16(23)24/h3*1-6,13H,7,20H2,(H,21,22)(H,23,24)/t3*13-/m000/s1. The molecule has 0 heterocycles. The van der Waals surface area contributed by atoms with Crippen LogP contribution in [-0.4, -0.2) is 69.1 Å². The van der Waals surface area contributed by atoms with Crippen molar-refractivity contribution < 1.29 is 84.6 Å². The van der Waals surface area contributed by atoms with E-state index < -0.39 is 88.7 Å². The molecule has 27 heteroatoms. The molecule has 3 atom stereocenters. The van der Waals surface area contributed by atoms with E-state index in [1.165, 1.54) is 72.8 Å². The molecule has 3 amide bonds. The van der Waals surface area contributed by atoms with Crippen molar-refractivity contribution in [3.8, 4) is 34.5 Å². The van der Waals surface area contributed by atoms with Crippen LogP contribution in [0.2, 0.25) is 0 Å². The zero-order valence-corrected chi connectivity index (χ0v) is 42.7. The molecule has 0 aliphatic carbocycles. The molecule has 0 unspecified atom stereocenters.